The molecule has 1 aliphatic heterocycles. The highest BCUT2D eigenvalue weighted by atomic mass is 16.6. The minimum atomic E-state index is -0.896. The van der Waals surface area contributed by atoms with E-state index in [1.165, 1.54) is 24.3 Å². The number of nitro groups is 1. The van der Waals surface area contributed by atoms with E-state index >= 15 is 0 Å². The van der Waals surface area contributed by atoms with Gasteiger partial charge in [0.05, 0.1) is 28.9 Å². The number of nitrogens with two attached hydrogens (primary N) is 1. The topological polar surface area (TPSA) is 197 Å². The lowest BCUT2D eigenvalue weighted by atomic mass is 9.79. The second kappa shape index (κ2) is 12.6. The second-order valence-corrected chi connectivity index (χ2v) is 7.51. The summed E-state index contributed by atoms with van der Waals surface area (Å²) in [7, 11) is 0. The summed E-state index contributed by atoms with van der Waals surface area (Å²) >= 11 is 0. The molecule has 1 aromatic rings. The number of benzene rings is 1. The summed E-state index contributed by atoms with van der Waals surface area (Å²) in [6, 6.07) is 7.43. The number of azide groups is 1. The summed E-state index contributed by atoms with van der Waals surface area (Å²) in [6.45, 7) is 1.90. The molecule has 1 aliphatic rings. The number of nitrogens with one attached hydrogen (secondary N) is 1. The molecule has 0 bridgehead atoms. The van der Waals surface area contributed by atoms with Crippen LogP contribution in [0.15, 0.2) is 51.9 Å². The van der Waals surface area contributed by atoms with Crippen LogP contribution < -0.4 is 11.1 Å². The number of dihydropyridines is 1. The first-order chi connectivity index (χ1) is 16.3. The number of unbranched alkanes of at least 4 members (excludes halogenated alkanes) is 2. The molecule has 2 rings (SSSR count). The maximum absolute atomic E-state index is 13.1. The lowest BCUT2D eigenvalue weighted by molar-refractivity contribution is -0.384. The van der Waals surface area contributed by atoms with Crippen LogP contribution in [0.4, 0.5) is 5.69 Å². The minimum Gasteiger partial charge on any atom is -0.461 e. The molecule has 1 aromatic carbocycles. The quantitative estimate of drug-likeness (QED) is 0.0889. The van der Waals surface area contributed by atoms with E-state index in [1.54, 1.807) is 6.92 Å². The minimum absolute atomic E-state index is 0.000927. The van der Waals surface area contributed by atoms with E-state index in [2.05, 4.69) is 15.3 Å². The Bertz CT molecular complexity index is 1100. The highest BCUT2D eigenvalue weighted by Crippen LogP contribution is 2.40. The van der Waals surface area contributed by atoms with Gasteiger partial charge in [-0.15, -0.1) is 0 Å². The van der Waals surface area contributed by atoms with E-state index in [0.717, 1.165) is 6.42 Å². The van der Waals surface area contributed by atoms with Crippen LogP contribution in [-0.2, 0) is 14.3 Å². The molecule has 1 atom stereocenters. The van der Waals surface area contributed by atoms with Crippen molar-refractivity contribution >= 4 is 17.6 Å². The van der Waals surface area contributed by atoms with Crippen molar-refractivity contribution in [3.8, 4) is 6.07 Å². The standard InChI is InChI=1S/C22H25N7O5/c1-14-18(21(24)30)19(15-7-9-16(10-8-15)29(32)33)20(22(31)34-13-5-11-23)17(27-14)6-3-2-4-12-26-28-25/h7-10,19,27H,2-6,12-13H2,1H3,(H2,24,30). The number of esters is 1. The number of nitriles is 1. The molecule has 0 spiro atoms. The van der Waals surface area contributed by atoms with Gasteiger partial charge in [-0.1, -0.05) is 23.7 Å². The van der Waals surface area contributed by atoms with Gasteiger partial charge in [0.25, 0.3) is 5.69 Å². The van der Waals surface area contributed by atoms with Gasteiger partial charge >= 0.3 is 5.97 Å². The molecule has 0 aromatic heterocycles. The van der Waals surface area contributed by atoms with Crippen molar-refractivity contribution in [2.45, 2.75) is 44.9 Å². The van der Waals surface area contributed by atoms with Gasteiger partial charge < -0.3 is 15.8 Å². The lowest BCUT2D eigenvalue weighted by Gasteiger charge is -2.31. The molecular formula is C22H25N7O5. The molecule has 34 heavy (non-hydrogen) atoms. The summed E-state index contributed by atoms with van der Waals surface area (Å²) in [5.74, 6) is -2.35. The van der Waals surface area contributed by atoms with Gasteiger partial charge in [-0.2, -0.15) is 5.26 Å². The average molecular weight is 467 g/mol. The number of amides is 1. The molecule has 1 unspecified atom stereocenters. The zero-order chi connectivity index (χ0) is 25.1. The Morgan fingerprint density at radius 2 is 2.00 bits per heavy atom. The highest BCUT2D eigenvalue weighted by Gasteiger charge is 2.37. The van der Waals surface area contributed by atoms with Gasteiger partial charge in [0.1, 0.15) is 6.61 Å². The van der Waals surface area contributed by atoms with Crippen LogP contribution in [0.3, 0.4) is 0 Å². The predicted molar refractivity (Wildman–Crippen MR) is 122 cm³/mol. The van der Waals surface area contributed by atoms with Crippen molar-refractivity contribution in [3.63, 3.8) is 0 Å². The van der Waals surface area contributed by atoms with Crippen LogP contribution in [-0.4, -0.2) is 30.0 Å². The molecule has 1 amide bonds. The SMILES string of the molecule is CC1=C(C(N)=O)C(c2ccc([N+](=O)[O-])cc2)C(C(=O)OCCC#N)=C(CCCCCN=[N+]=[N-])N1. The van der Waals surface area contributed by atoms with Gasteiger partial charge in [0, 0.05) is 40.6 Å². The van der Waals surface area contributed by atoms with Crippen molar-refractivity contribution in [1.29, 1.82) is 5.26 Å². The second-order valence-electron chi connectivity index (χ2n) is 7.51. The first-order valence-electron chi connectivity index (χ1n) is 10.6. The number of ether oxygens (including phenoxy) is 1. The Kier molecular flexibility index (Phi) is 9.61. The third-order valence-corrected chi connectivity index (χ3v) is 5.26. The molecular weight excluding hydrogens is 442 g/mol. The number of primary amides is 1. The maximum atomic E-state index is 13.1. The molecule has 0 aliphatic carbocycles. The Labute approximate surface area is 195 Å². The van der Waals surface area contributed by atoms with E-state index < -0.39 is 22.7 Å². The third-order valence-electron chi connectivity index (χ3n) is 5.26. The Morgan fingerprint density at radius 3 is 2.59 bits per heavy atom. The maximum Gasteiger partial charge on any atom is 0.336 e. The van der Waals surface area contributed by atoms with E-state index in [1.807, 2.05) is 6.07 Å². The fourth-order valence-electron chi connectivity index (χ4n) is 3.76. The number of carbonyl (C=O) groups is 2. The lowest BCUT2D eigenvalue weighted by Crippen LogP contribution is -2.35. The Hall–Kier alpha value is -4.36. The molecule has 3 N–H and O–H groups in total. The average Bonchev–Trinajstić information content (AvgIpc) is 2.80. The molecule has 178 valence electrons. The molecule has 0 saturated heterocycles. The van der Waals surface area contributed by atoms with Gasteiger partial charge in [-0.25, -0.2) is 4.79 Å². The Morgan fingerprint density at radius 1 is 1.29 bits per heavy atom. The van der Waals surface area contributed by atoms with Crippen LogP contribution >= 0.6 is 0 Å². The normalized spacial score (nSPS) is 15.1. The largest absolute Gasteiger partial charge is 0.461 e. The van der Waals surface area contributed by atoms with Gasteiger partial charge in [0.15, 0.2) is 0 Å². The summed E-state index contributed by atoms with van der Waals surface area (Å²) < 4.78 is 5.29. The van der Waals surface area contributed by atoms with Crippen LogP contribution in [0.2, 0.25) is 0 Å². The number of rotatable bonds is 12. The third kappa shape index (κ3) is 6.57. The molecule has 0 saturated carbocycles. The zero-order valence-electron chi connectivity index (χ0n) is 18.7. The van der Waals surface area contributed by atoms with E-state index in [0.29, 0.717) is 42.8 Å². The molecule has 12 nitrogen and oxygen atoms in total. The number of nitrogens with zero attached hydrogens (tertiary/aromatic N) is 5. The van der Waals surface area contributed by atoms with Crippen LogP contribution in [0, 0.1) is 21.4 Å². The number of hydrogen-bond acceptors (Lipinski definition) is 8. The van der Waals surface area contributed by atoms with Crippen LogP contribution in [0.25, 0.3) is 10.4 Å². The van der Waals surface area contributed by atoms with Crippen molar-refractivity contribution in [1.82, 2.24) is 5.32 Å². The summed E-state index contributed by atoms with van der Waals surface area (Å²) in [5.41, 5.74) is 15.7. The molecule has 0 fully saturated rings. The van der Waals surface area contributed by atoms with Gasteiger partial charge in [-0.05, 0) is 37.3 Å². The Balaban J connectivity index is 2.50. The van der Waals surface area contributed by atoms with Crippen molar-refractivity contribution in [3.05, 3.63) is 72.9 Å². The first-order valence-corrected chi connectivity index (χ1v) is 10.6. The van der Waals surface area contributed by atoms with Crippen LogP contribution in [0.5, 0.6) is 0 Å². The van der Waals surface area contributed by atoms with Crippen molar-refractivity contribution in [2.75, 3.05) is 13.2 Å². The number of nitro benzene ring substituents is 1. The first kappa shape index (κ1) is 25.9. The van der Waals surface area contributed by atoms with Crippen LogP contribution in [0.1, 0.15) is 50.5 Å². The number of non-ortho nitro benzene ring substituents is 1. The monoisotopic (exact) mass is 467 g/mol. The van der Waals surface area contributed by atoms with Crippen molar-refractivity contribution < 1.29 is 19.2 Å². The predicted octanol–water partition coefficient (Wildman–Crippen LogP) is 3.62. The summed E-state index contributed by atoms with van der Waals surface area (Å²) in [4.78, 5) is 38.7. The fourth-order valence-corrected chi connectivity index (χ4v) is 3.76. The fraction of sp³-hybridized carbons (Fsp3) is 0.409. The highest BCUT2D eigenvalue weighted by molar-refractivity contribution is 6.01. The molecule has 12 heteroatoms. The number of allylic oxidation sites excluding steroid dienone is 2. The van der Waals surface area contributed by atoms with Crippen molar-refractivity contribution in [2.24, 2.45) is 10.8 Å². The van der Waals surface area contributed by atoms with Gasteiger partial charge in [-0.3, -0.25) is 14.9 Å². The summed E-state index contributed by atoms with van der Waals surface area (Å²) in [6.07, 6.45) is 2.50. The van der Waals surface area contributed by atoms with E-state index in [-0.39, 0.29) is 29.9 Å². The smallest absolute Gasteiger partial charge is 0.336 e. The summed E-state index contributed by atoms with van der Waals surface area (Å²) in [5, 5.41) is 26.5. The van der Waals surface area contributed by atoms with E-state index in [4.69, 9.17) is 21.3 Å². The number of hydrogen-bond donors (Lipinski definition) is 2. The molecule has 1 heterocycles. The number of carbonyl (C=O) groups excluding carboxylic acids is 2. The van der Waals surface area contributed by atoms with E-state index in [9.17, 15) is 19.7 Å². The van der Waals surface area contributed by atoms with Gasteiger partial charge in [0.2, 0.25) is 5.91 Å². The zero-order valence-corrected chi connectivity index (χ0v) is 18.7. The molecule has 0 radical (unpaired) electrons.